The third kappa shape index (κ3) is 66.7. The number of phosphoric acid groups is 1. The Morgan fingerprint density at radius 1 is 0.400 bits per heavy atom. The molecule has 1 N–H and O–H groups in total. The van der Waals surface area contributed by atoms with Crippen LogP contribution in [0.25, 0.3) is 0 Å². The number of phosphoric ester groups is 1. The molecule has 0 heterocycles. The maximum absolute atomic E-state index is 13.6. The number of quaternary nitrogens is 1. The Bertz CT molecular complexity index is 1500. The van der Waals surface area contributed by atoms with Gasteiger partial charge in [0.2, 0.25) is 5.91 Å². The summed E-state index contributed by atoms with van der Waals surface area (Å²) >= 11 is 0. The molecule has 0 fully saturated rings. The van der Waals surface area contributed by atoms with Gasteiger partial charge in [0.1, 0.15) is 19.3 Å². The first kappa shape index (κ1) is 83.5. The van der Waals surface area contributed by atoms with Crippen molar-refractivity contribution in [2.75, 3.05) is 40.9 Å². The summed E-state index contributed by atoms with van der Waals surface area (Å²) in [5.41, 5.74) is 0. The van der Waals surface area contributed by atoms with E-state index in [4.69, 9.17) is 13.8 Å². The Balaban J connectivity index is 4.97. The summed E-state index contributed by atoms with van der Waals surface area (Å²) in [5, 5.41) is 3.05. The Labute approximate surface area is 530 Å². The number of likely N-dealkylation sites (N-methyl/N-ethyl adjacent to an activating group) is 1. The third-order valence-corrected chi connectivity index (χ3v) is 18.3. The second-order valence-electron chi connectivity index (χ2n) is 27.2. The number of unbranched alkanes of at least 4 members (excludes halogenated alkanes) is 52. The van der Waals surface area contributed by atoms with Crippen LogP contribution in [0.1, 0.15) is 393 Å². The molecule has 9 nitrogen and oxygen atoms in total. The standard InChI is InChI=1S/C75H147N2O7P/c1-7-10-13-16-19-22-25-28-30-32-34-35-36-37-38-39-40-41-43-45-47-50-53-56-59-62-65-68-75(79)84-73(66-63-60-57-54-51-48-27-24-21-18-15-12-9-3)72(71-83-85(80,81)82-70-69-77(4,5)6)76-74(78)67-64-61-58-55-52-49-46-44-42-33-31-29-26-23-20-17-14-11-8-2/h29,31,63,66,72-73H,7-28,30,32-62,64-65,67-71H2,1-6H3,(H-,76,78,80,81)/b31-29+,66-63-. The van der Waals surface area contributed by atoms with E-state index in [1.807, 2.05) is 33.3 Å². The van der Waals surface area contributed by atoms with E-state index in [2.05, 4.69) is 38.2 Å². The zero-order valence-electron chi connectivity index (χ0n) is 57.8. The third-order valence-electron chi connectivity index (χ3n) is 17.4. The molecule has 3 atom stereocenters. The van der Waals surface area contributed by atoms with Gasteiger partial charge in [-0.25, -0.2) is 0 Å². The second kappa shape index (κ2) is 65.4. The molecule has 0 aliphatic heterocycles. The van der Waals surface area contributed by atoms with Crippen molar-refractivity contribution < 1.29 is 37.3 Å². The Morgan fingerprint density at radius 3 is 1.00 bits per heavy atom. The highest BCUT2D eigenvalue weighted by molar-refractivity contribution is 7.45. The molecule has 504 valence electrons. The van der Waals surface area contributed by atoms with Crippen LogP contribution in [0.4, 0.5) is 0 Å². The zero-order chi connectivity index (χ0) is 62.1. The number of hydrogen-bond donors (Lipinski definition) is 1. The fourth-order valence-corrected chi connectivity index (χ4v) is 12.3. The molecule has 0 aliphatic carbocycles. The van der Waals surface area contributed by atoms with E-state index in [9.17, 15) is 19.0 Å². The number of nitrogens with one attached hydrogen (secondary N) is 1. The highest BCUT2D eigenvalue weighted by atomic mass is 31.2. The maximum Gasteiger partial charge on any atom is 0.306 e. The predicted octanol–water partition coefficient (Wildman–Crippen LogP) is 23.4. The second-order valence-corrected chi connectivity index (χ2v) is 28.6. The van der Waals surface area contributed by atoms with Gasteiger partial charge >= 0.3 is 5.97 Å². The Kier molecular flexibility index (Phi) is 64.3. The van der Waals surface area contributed by atoms with Gasteiger partial charge in [0, 0.05) is 12.8 Å². The van der Waals surface area contributed by atoms with Crippen LogP contribution < -0.4 is 10.2 Å². The van der Waals surface area contributed by atoms with Crippen LogP contribution in [-0.2, 0) is 27.9 Å². The summed E-state index contributed by atoms with van der Waals surface area (Å²) in [6, 6.07) is -0.885. The normalized spacial score (nSPS) is 13.5. The number of hydrogen-bond acceptors (Lipinski definition) is 7. The average Bonchev–Trinajstić information content (AvgIpc) is 3.50. The number of esters is 1. The van der Waals surface area contributed by atoms with E-state index in [1.54, 1.807) is 0 Å². The van der Waals surface area contributed by atoms with E-state index >= 15 is 0 Å². The lowest BCUT2D eigenvalue weighted by Gasteiger charge is -2.30. The van der Waals surface area contributed by atoms with Crippen LogP contribution in [-0.4, -0.2) is 69.4 Å². The van der Waals surface area contributed by atoms with Gasteiger partial charge in [0.05, 0.1) is 33.8 Å². The molecule has 0 spiro atoms. The maximum atomic E-state index is 13.6. The lowest BCUT2D eigenvalue weighted by atomic mass is 10.0. The van der Waals surface area contributed by atoms with Crippen molar-refractivity contribution in [3.05, 3.63) is 24.3 Å². The van der Waals surface area contributed by atoms with Gasteiger partial charge in [-0.1, -0.05) is 347 Å². The van der Waals surface area contributed by atoms with Crippen LogP contribution >= 0.6 is 7.82 Å². The molecule has 0 saturated carbocycles. The number of carbonyl (C=O) groups excluding carboxylic acids is 2. The first-order chi connectivity index (χ1) is 41.4. The first-order valence-electron chi connectivity index (χ1n) is 37.6. The fraction of sp³-hybridized carbons (Fsp3) is 0.920. The lowest BCUT2D eigenvalue weighted by molar-refractivity contribution is -0.870. The summed E-state index contributed by atoms with van der Waals surface area (Å²) in [6.07, 6.45) is 80.3. The van der Waals surface area contributed by atoms with Crippen LogP contribution in [0.15, 0.2) is 24.3 Å². The van der Waals surface area contributed by atoms with Gasteiger partial charge in [-0.2, -0.15) is 0 Å². The van der Waals surface area contributed by atoms with E-state index in [1.165, 1.54) is 302 Å². The summed E-state index contributed by atoms with van der Waals surface area (Å²) in [4.78, 5) is 40.2. The van der Waals surface area contributed by atoms with Crippen LogP contribution in [0.2, 0.25) is 0 Å². The summed E-state index contributed by atoms with van der Waals surface area (Å²) in [7, 11) is 1.21. The molecule has 0 bridgehead atoms. The lowest BCUT2D eigenvalue weighted by Crippen LogP contribution is -2.47. The van der Waals surface area contributed by atoms with E-state index < -0.39 is 20.0 Å². The number of ether oxygens (including phenoxy) is 1. The monoisotopic (exact) mass is 1220 g/mol. The van der Waals surface area contributed by atoms with Crippen molar-refractivity contribution in [3.63, 3.8) is 0 Å². The number of rotatable bonds is 70. The largest absolute Gasteiger partial charge is 0.756 e. The minimum absolute atomic E-state index is 0.0186. The van der Waals surface area contributed by atoms with E-state index in [0.717, 1.165) is 57.8 Å². The minimum atomic E-state index is -4.70. The van der Waals surface area contributed by atoms with Crippen molar-refractivity contribution in [3.8, 4) is 0 Å². The molecule has 0 aromatic rings. The smallest absolute Gasteiger partial charge is 0.306 e. The van der Waals surface area contributed by atoms with Gasteiger partial charge in [-0.15, -0.1) is 0 Å². The quantitative estimate of drug-likeness (QED) is 0.0212. The SMILES string of the molecule is CCCCCCCC/C=C/CCCCCCCCCCCC(=O)NC(COP(=O)([O-])OCC[N+](C)(C)C)C(/C=C\CCCCCCCCCCCCC)OC(=O)CCCCCCCCCCCCCCCCCCCCCCCCCCCCC. The number of nitrogens with zero attached hydrogens (tertiary/aromatic N) is 1. The van der Waals surface area contributed by atoms with Crippen LogP contribution in [0, 0.1) is 0 Å². The van der Waals surface area contributed by atoms with Gasteiger partial charge < -0.3 is 28.5 Å². The number of amides is 1. The highest BCUT2D eigenvalue weighted by Gasteiger charge is 2.27. The highest BCUT2D eigenvalue weighted by Crippen LogP contribution is 2.38. The van der Waals surface area contributed by atoms with E-state index in [0.29, 0.717) is 17.4 Å². The molecule has 10 heteroatoms. The molecule has 0 aromatic carbocycles. The Morgan fingerprint density at radius 2 is 0.682 bits per heavy atom. The minimum Gasteiger partial charge on any atom is -0.756 e. The predicted molar refractivity (Wildman–Crippen MR) is 367 cm³/mol. The molecule has 3 unspecified atom stereocenters. The number of allylic oxidation sites excluding steroid dienone is 3. The summed E-state index contributed by atoms with van der Waals surface area (Å²) < 4.78 is 30.5. The Hall–Kier alpha value is -1.51. The van der Waals surface area contributed by atoms with Crippen LogP contribution in [0.3, 0.4) is 0 Å². The van der Waals surface area contributed by atoms with Gasteiger partial charge in [-0.3, -0.25) is 14.2 Å². The summed E-state index contributed by atoms with van der Waals surface area (Å²) in [6.45, 7) is 6.92. The van der Waals surface area contributed by atoms with Crippen molar-refractivity contribution >= 4 is 19.7 Å². The average molecular weight is 1220 g/mol. The van der Waals surface area contributed by atoms with Gasteiger partial charge in [0.15, 0.2) is 0 Å². The van der Waals surface area contributed by atoms with Crippen LogP contribution in [0.5, 0.6) is 0 Å². The van der Waals surface area contributed by atoms with Crippen molar-refractivity contribution in [2.24, 2.45) is 0 Å². The molecule has 0 radical (unpaired) electrons. The molecule has 0 saturated heterocycles. The summed E-state index contributed by atoms with van der Waals surface area (Å²) in [5.74, 6) is -0.519. The topological polar surface area (TPSA) is 114 Å². The van der Waals surface area contributed by atoms with Gasteiger partial charge in [-0.05, 0) is 57.4 Å². The van der Waals surface area contributed by atoms with Crippen molar-refractivity contribution in [1.82, 2.24) is 5.32 Å². The van der Waals surface area contributed by atoms with Crippen molar-refractivity contribution in [2.45, 2.75) is 405 Å². The first-order valence-corrected chi connectivity index (χ1v) is 39.1. The molecule has 0 aliphatic rings. The molecule has 0 aromatic heterocycles. The van der Waals surface area contributed by atoms with E-state index in [-0.39, 0.29) is 31.5 Å². The fourth-order valence-electron chi connectivity index (χ4n) is 11.6. The zero-order valence-corrected chi connectivity index (χ0v) is 58.7. The number of carbonyl (C=O) groups is 2. The van der Waals surface area contributed by atoms with Gasteiger partial charge in [0.25, 0.3) is 7.82 Å². The molecular formula is C75H147N2O7P. The van der Waals surface area contributed by atoms with Crippen molar-refractivity contribution in [1.29, 1.82) is 0 Å². The molecule has 1 amide bonds. The molecule has 0 rings (SSSR count). The molecular weight excluding hydrogens is 1070 g/mol. The molecule has 85 heavy (non-hydrogen) atoms.